The Morgan fingerprint density at radius 1 is 1.13 bits per heavy atom. The molecule has 0 saturated carbocycles. The Morgan fingerprint density at radius 3 is 2.40 bits per heavy atom. The number of benzene rings is 2. The zero-order valence-electron chi connectivity index (χ0n) is 17.4. The van der Waals surface area contributed by atoms with Crippen LogP contribution in [-0.4, -0.2) is 46.0 Å². The Hall–Kier alpha value is -2.45. The average molecular weight is 448 g/mol. The molecule has 0 radical (unpaired) electrons. The highest BCUT2D eigenvalue weighted by atomic mass is 32.2. The van der Waals surface area contributed by atoms with Crippen LogP contribution in [0, 0.1) is 0 Å². The highest BCUT2D eigenvalue weighted by Crippen LogP contribution is 2.34. The highest BCUT2D eigenvalue weighted by molar-refractivity contribution is 7.99. The number of esters is 1. The Kier molecular flexibility index (Phi) is 6.77. The van der Waals surface area contributed by atoms with Crippen molar-refractivity contribution in [3.05, 3.63) is 53.6 Å². The molecule has 1 heterocycles. The van der Waals surface area contributed by atoms with Crippen LogP contribution in [-0.2, 0) is 19.6 Å². The first-order valence-electron chi connectivity index (χ1n) is 9.43. The van der Waals surface area contributed by atoms with Crippen molar-refractivity contribution in [2.45, 2.75) is 18.8 Å². The molecular weight excluding hydrogens is 422 g/mol. The van der Waals surface area contributed by atoms with Crippen LogP contribution in [0.4, 0.5) is 5.69 Å². The van der Waals surface area contributed by atoms with Crippen molar-refractivity contribution < 1.29 is 22.7 Å². The molecule has 0 spiro atoms. The van der Waals surface area contributed by atoms with Crippen molar-refractivity contribution >= 4 is 39.5 Å². The van der Waals surface area contributed by atoms with Gasteiger partial charge in [-0.15, -0.1) is 11.8 Å². The average Bonchev–Trinajstić information content (AvgIpc) is 2.92. The molecule has 1 atom stereocenters. The maximum atomic E-state index is 12.3. The summed E-state index contributed by atoms with van der Waals surface area (Å²) >= 11 is 1.62. The van der Waals surface area contributed by atoms with E-state index in [0.717, 1.165) is 16.9 Å². The second-order valence-corrected chi connectivity index (χ2v) is 10.0. The van der Waals surface area contributed by atoms with E-state index in [1.807, 2.05) is 49.6 Å². The number of anilines is 1. The molecule has 1 aliphatic heterocycles. The third-order valence-corrected chi connectivity index (χ3v) is 6.82. The van der Waals surface area contributed by atoms with E-state index in [1.165, 1.54) is 17.7 Å². The van der Waals surface area contributed by atoms with Gasteiger partial charge in [0.2, 0.25) is 10.0 Å². The summed E-state index contributed by atoms with van der Waals surface area (Å²) in [5.74, 6) is 0.331. The number of ether oxygens (including phenoxy) is 2. The van der Waals surface area contributed by atoms with Crippen molar-refractivity contribution in [1.29, 1.82) is 0 Å². The summed E-state index contributed by atoms with van der Waals surface area (Å²) in [6.07, 6.45) is 5.16. The Morgan fingerprint density at radius 2 is 1.80 bits per heavy atom. The van der Waals surface area contributed by atoms with Crippen molar-refractivity contribution in [1.82, 2.24) is 0 Å². The minimum Gasteiger partial charge on any atom is -0.480 e. The van der Waals surface area contributed by atoms with Crippen molar-refractivity contribution in [3.8, 4) is 16.9 Å². The molecule has 0 amide bonds. The topological polar surface area (TPSA) is 72.9 Å². The van der Waals surface area contributed by atoms with Crippen LogP contribution in [0.25, 0.3) is 17.2 Å². The van der Waals surface area contributed by atoms with E-state index in [2.05, 4.69) is 0 Å². The van der Waals surface area contributed by atoms with E-state index in [1.54, 1.807) is 23.9 Å². The van der Waals surface area contributed by atoms with E-state index in [9.17, 15) is 13.2 Å². The molecule has 160 valence electrons. The van der Waals surface area contributed by atoms with Crippen molar-refractivity contribution in [2.75, 3.05) is 30.5 Å². The van der Waals surface area contributed by atoms with Gasteiger partial charge in [0.15, 0.2) is 0 Å². The molecule has 30 heavy (non-hydrogen) atoms. The third-order valence-electron chi connectivity index (χ3n) is 4.88. The minimum atomic E-state index is -3.49. The predicted octanol–water partition coefficient (Wildman–Crippen LogP) is 4.17. The number of hydrogen-bond donors (Lipinski definition) is 0. The number of thioether (sulfide) groups is 1. The van der Waals surface area contributed by atoms with Gasteiger partial charge in [0.1, 0.15) is 11.2 Å². The molecular formula is C22H25NO5S2. The minimum absolute atomic E-state index is 0.0622. The molecule has 8 heteroatoms. The normalized spacial score (nSPS) is 14.9. The number of nitrogens with zero attached hydrogens (tertiary/aromatic N) is 1. The molecule has 3 rings (SSSR count). The lowest BCUT2D eigenvalue weighted by molar-refractivity contribution is -0.136. The molecule has 0 aliphatic carbocycles. The summed E-state index contributed by atoms with van der Waals surface area (Å²) in [7, 11) is -2.17. The monoisotopic (exact) mass is 447 g/mol. The van der Waals surface area contributed by atoms with E-state index < -0.39 is 16.0 Å². The van der Waals surface area contributed by atoms with Crippen LogP contribution in [0.2, 0.25) is 0 Å². The number of carbonyl (C=O) groups is 1. The molecule has 1 aliphatic rings. The summed E-state index contributed by atoms with van der Waals surface area (Å²) in [5, 5.41) is 0. The molecule has 0 bridgehead atoms. The van der Waals surface area contributed by atoms with Gasteiger partial charge in [-0.25, -0.2) is 13.2 Å². The molecule has 2 aromatic rings. The quantitative estimate of drug-likeness (QED) is 0.489. The van der Waals surface area contributed by atoms with E-state index in [4.69, 9.17) is 9.47 Å². The number of sulfonamides is 1. The lowest BCUT2D eigenvalue weighted by Gasteiger charge is -2.23. The smallest absolute Gasteiger partial charge is 0.333 e. The lowest BCUT2D eigenvalue weighted by Crippen LogP contribution is -2.31. The zero-order chi connectivity index (χ0) is 21.9. The van der Waals surface area contributed by atoms with Crippen LogP contribution in [0.15, 0.2) is 48.0 Å². The van der Waals surface area contributed by atoms with Crippen molar-refractivity contribution in [3.63, 3.8) is 0 Å². The first-order valence-corrected chi connectivity index (χ1v) is 12.6. The first kappa shape index (κ1) is 22.2. The molecule has 2 aromatic carbocycles. The molecule has 0 fully saturated rings. The summed E-state index contributed by atoms with van der Waals surface area (Å²) in [5.41, 5.74) is 3.59. The van der Waals surface area contributed by atoms with Crippen LogP contribution in [0.5, 0.6) is 5.75 Å². The van der Waals surface area contributed by atoms with Gasteiger partial charge in [-0.1, -0.05) is 18.2 Å². The lowest BCUT2D eigenvalue weighted by atomic mass is 10.0. The second kappa shape index (κ2) is 9.14. The largest absolute Gasteiger partial charge is 0.480 e. The van der Waals surface area contributed by atoms with Gasteiger partial charge in [-0.3, -0.25) is 4.31 Å². The number of fused-ring (bicyclic) bond motifs is 1. The Bertz CT molecular complexity index is 1060. The fraction of sp³-hybridized carbons (Fsp3) is 0.318. The van der Waals surface area contributed by atoms with Gasteiger partial charge in [-0.05, 0) is 66.6 Å². The third kappa shape index (κ3) is 4.99. The van der Waals surface area contributed by atoms with Crippen LogP contribution >= 0.6 is 11.8 Å². The summed E-state index contributed by atoms with van der Waals surface area (Å²) in [6.45, 7) is 2.18. The molecule has 0 saturated heterocycles. The Labute approximate surface area is 181 Å². The van der Waals surface area contributed by atoms with Gasteiger partial charge < -0.3 is 9.47 Å². The number of hydrogen-bond acceptors (Lipinski definition) is 6. The van der Waals surface area contributed by atoms with Crippen LogP contribution in [0.3, 0.4) is 0 Å². The van der Waals surface area contributed by atoms with Gasteiger partial charge in [0.25, 0.3) is 0 Å². The Balaban J connectivity index is 2.02. The van der Waals surface area contributed by atoms with E-state index in [0.29, 0.717) is 16.8 Å². The fourth-order valence-corrected chi connectivity index (χ4v) is 4.44. The summed E-state index contributed by atoms with van der Waals surface area (Å²) in [4.78, 5) is 12.1. The molecule has 6 nitrogen and oxygen atoms in total. The van der Waals surface area contributed by atoms with Crippen LogP contribution < -0.4 is 9.04 Å². The predicted molar refractivity (Wildman–Crippen MR) is 122 cm³/mol. The van der Waals surface area contributed by atoms with E-state index in [-0.39, 0.29) is 18.4 Å². The standard InChI is InChI=1S/C22H25NO5S2/c1-15(29-3)28-20-8-5-16(6-9-20)17-7-10-21-19(13-17)14-18(22(24)27-2)11-12-23(21)30(4,25)26/h5-10,13-15H,11-12H2,1-4H3. The van der Waals surface area contributed by atoms with Gasteiger partial charge in [0.05, 0.1) is 19.1 Å². The highest BCUT2D eigenvalue weighted by Gasteiger charge is 2.25. The van der Waals surface area contributed by atoms with Gasteiger partial charge in [-0.2, -0.15) is 0 Å². The zero-order valence-corrected chi connectivity index (χ0v) is 19.0. The SMILES string of the molecule is COC(=O)C1=Cc2cc(-c3ccc(OC(C)SC)cc3)ccc2N(S(C)(=O)=O)CC1. The maximum absolute atomic E-state index is 12.3. The molecule has 1 unspecified atom stereocenters. The second-order valence-electron chi connectivity index (χ2n) is 6.97. The van der Waals surface area contributed by atoms with Gasteiger partial charge >= 0.3 is 5.97 Å². The maximum Gasteiger partial charge on any atom is 0.333 e. The number of methoxy groups -OCH3 is 1. The number of rotatable bonds is 6. The van der Waals surface area contributed by atoms with E-state index >= 15 is 0 Å². The molecule has 0 N–H and O–H groups in total. The summed E-state index contributed by atoms with van der Waals surface area (Å²) in [6, 6.07) is 13.3. The first-order chi connectivity index (χ1) is 14.2. The van der Waals surface area contributed by atoms with Crippen molar-refractivity contribution in [2.24, 2.45) is 0 Å². The fourth-order valence-electron chi connectivity index (χ4n) is 3.28. The van der Waals surface area contributed by atoms with Crippen LogP contribution in [0.1, 0.15) is 18.9 Å². The van der Waals surface area contributed by atoms with Gasteiger partial charge in [0, 0.05) is 12.1 Å². The summed E-state index contributed by atoms with van der Waals surface area (Å²) < 4.78 is 36.6. The molecule has 0 aromatic heterocycles. The number of carbonyl (C=O) groups excluding carboxylic acids is 1.